The minimum absolute atomic E-state index is 0.0419. The maximum atomic E-state index is 11.4. The van der Waals surface area contributed by atoms with Crippen LogP contribution in [0.3, 0.4) is 0 Å². The summed E-state index contributed by atoms with van der Waals surface area (Å²) in [5.74, 6) is -0.200. The van der Waals surface area contributed by atoms with Crippen molar-refractivity contribution in [1.82, 2.24) is 4.90 Å². The molecule has 0 aromatic heterocycles. The Labute approximate surface area is 104 Å². The number of nitrogens with zero attached hydrogens (tertiary/aromatic N) is 3. The Morgan fingerprint density at radius 2 is 2.22 bits per heavy atom. The molecule has 0 spiro atoms. The fraction of sp³-hybridized carbons (Fsp3) is 0.273. The van der Waals surface area contributed by atoms with Crippen molar-refractivity contribution in [1.29, 1.82) is 5.26 Å². The van der Waals surface area contributed by atoms with Crippen molar-refractivity contribution in [2.45, 2.75) is 0 Å². The third-order valence-corrected chi connectivity index (χ3v) is 2.25. The molecule has 0 aliphatic heterocycles. The summed E-state index contributed by atoms with van der Waals surface area (Å²) in [5, 5.41) is 22.2. The summed E-state index contributed by atoms with van der Waals surface area (Å²) in [6.45, 7) is -0.0419. The molecule has 0 bridgehead atoms. The van der Waals surface area contributed by atoms with Gasteiger partial charge in [-0.05, 0) is 12.1 Å². The number of likely N-dealkylation sites (N-methyl/N-ethyl adjacent to an activating group) is 1. The molecule has 0 atom stereocenters. The van der Waals surface area contributed by atoms with E-state index < -0.39 is 4.92 Å². The van der Waals surface area contributed by atoms with Gasteiger partial charge in [0.05, 0.1) is 23.1 Å². The molecule has 1 aromatic carbocycles. The van der Waals surface area contributed by atoms with Crippen molar-refractivity contribution in [2.24, 2.45) is 0 Å². The maximum absolute atomic E-state index is 11.4. The molecular weight excluding hydrogens is 236 g/mol. The number of nitrogens with one attached hydrogen (secondary N) is 1. The second-order valence-corrected chi connectivity index (χ2v) is 3.74. The van der Waals surface area contributed by atoms with Gasteiger partial charge < -0.3 is 10.2 Å². The van der Waals surface area contributed by atoms with Gasteiger partial charge in [-0.25, -0.2) is 0 Å². The van der Waals surface area contributed by atoms with Crippen molar-refractivity contribution in [3.05, 3.63) is 33.9 Å². The van der Waals surface area contributed by atoms with E-state index in [4.69, 9.17) is 5.26 Å². The molecule has 1 rings (SSSR count). The highest BCUT2D eigenvalue weighted by molar-refractivity contribution is 5.81. The number of hydrogen-bond donors (Lipinski definition) is 1. The zero-order valence-electron chi connectivity index (χ0n) is 10.0. The molecule has 0 unspecified atom stereocenters. The highest BCUT2D eigenvalue weighted by Gasteiger charge is 2.15. The van der Waals surface area contributed by atoms with E-state index in [9.17, 15) is 14.9 Å². The van der Waals surface area contributed by atoms with Crippen molar-refractivity contribution < 1.29 is 9.72 Å². The fourth-order valence-corrected chi connectivity index (χ4v) is 1.23. The van der Waals surface area contributed by atoms with Gasteiger partial charge in [-0.1, -0.05) is 0 Å². The molecule has 0 fully saturated rings. The second kappa shape index (κ2) is 5.63. The van der Waals surface area contributed by atoms with Gasteiger partial charge in [-0.3, -0.25) is 14.9 Å². The van der Waals surface area contributed by atoms with Crippen LogP contribution < -0.4 is 5.32 Å². The lowest BCUT2D eigenvalue weighted by atomic mass is 10.2. The zero-order valence-corrected chi connectivity index (χ0v) is 10.0. The van der Waals surface area contributed by atoms with Crippen LogP contribution in [0.5, 0.6) is 0 Å². The number of carbonyl (C=O) groups is 1. The molecule has 0 aliphatic rings. The van der Waals surface area contributed by atoms with Crippen molar-refractivity contribution >= 4 is 17.3 Å². The number of rotatable bonds is 4. The van der Waals surface area contributed by atoms with E-state index in [1.807, 2.05) is 6.07 Å². The van der Waals surface area contributed by atoms with Crippen LogP contribution in [0.4, 0.5) is 11.4 Å². The molecule has 0 aliphatic carbocycles. The third-order valence-electron chi connectivity index (χ3n) is 2.25. The first-order valence-corrected chi connectivity index (χ1v) is 5.08. The molecule has 18 heavy (non-hydrogen) atoms. The van der Waals surface area contributed by atoms with Crippen LogP contribution in [0.15, 0.2) is 18.2 Å². The summed E-state index contributed by atoms with van der Waals surface area (Å²) in [7, 11) is 3.19. The average Bonchev–Trinajstić information content (AvgIpc) is 2.35. The van der Waals surface area contributed by atoms with Crippen molar-refractivity contribution in [3.8, 4) is 6.07 Å². The highest BCUT2D eigenvalue weighted by Crippen LogP contribution is 2.25. The zero-order chi connectivity index (χ0) is 13.7. The minimum Gasteiger partial charge on any atom is -0.371 e. The molecular formula is C11H12N4O3. The van der Waals surface area contributed by atoms with Gasteiger partial charge in [0.2, 0.25) is 5.91 Å². The van der Waals surface area contributed by atoms with Gasteiger partial charge in [-0.2, -0.15) is 5.26 Å². The van der Waals surface area contributed by atoms with E-state index in [1.54, 1.807) is 14.1 Å². The molecule has 1 amide bonds. The van der Waals surface area contributed by atoms with Gasteiger partial charge in [-0.15, -0.1) is 0 Å². The Balaban J connectivity index is 2.92. The third kappa shape index (κ3) is 3.18. The van der Waals surface area contributed by atoms with Crippen LogP contribution >= 0.6 is 0 Å². The summed E-state index contributed by atoms with van der Waals surface area (Å²) < 4.78 is 0. The van der Waals surface area contributed by atoms with Gasteiger partial charge in [0, 0.05) is 20.2 Å². The number of nitriles is 1. The summed E-state index contributed by atoms with van der Waals surface area (Å²) in [6, 6.07) is 5.86. The van der Waals surface area contributed by atoms with Crippen molar-refractivity contribution in [2.75, 3.05) is 26.0 Å². The Bertz CT molecular complexity index is 520. The van der Waals surface area contributed by atoms with E-state index in [2.05, 4.69) is 5.32 Å². The Hall–Kier alpha value is -2.62. The molecule has 0 saturated carbocycles. The lowest BCUT2D eigenvalue weighted by Crippen LogP contribution is -2.28. The normalized spacial score (nSPS) is 9.39. The van der Waals surface area contributed by atoms with Gasteiger partial charge in [0.1, 0.15) is 5.69 Å². The Morgan fingerprint density at radius 3 is 2.72 bits per heavy atom. The van der Waals surface area contributed by atoms with Crippen LogP contribution in [0.2, 0.25) is 0 Å². The fourth-order valence-electron chi connectivity index (χ4n) is 1.23. The molecule has 0 radical (unpaired) electrons. The van der Waals surface area contributed by atoms with Gasteiger partial charge in [0.15, 0.2) is 0 Å². The molecule has 1 N–H and O–H groups in total. The number of hydrogen-bond acceptors (Lipinski definition) is 5. The molecule has 94 valence electrons. The topological polar surface area (TPSA) is 99.3 Å². The minimum atomic E-state index is -0.594. The van der Waals surface area contributed by atoms with Gasteiger partial charge >= 0.3 is 0 Å². The number of nitro groups is 1. The lowest BCUT2D eigenvalue weighted by molar-refractivity contribution is -0.384. The van der Waals surface area contributed by atoms with Crippen LogP contribution in [-0.2, 0) is 4.79 Å². The van der Waals surface area contributed by atoms with Crippen LogP contribution in [-0.4, -0.2) is 36.4 Å². The largest absolute Gasteiger partial charge is 0.371 e. The quantitative estimate of drug-likeness (QED) is 0.632. The Kier molecular flexibility index (Phi) is 4.21. The number of nitro benzene ring substituents is 1. The van der Waals surface area contributed by atoms with E-state index in [0.717, 1.165) is 0 Å². The molecule has 0 saturated heterocycles. The number of anilines is 1. The molecule has 7 heteroatoms. The predicted octanol–water partition coefficient (Wildman–Crippen LogP) is 0.967. The summed E-state index contributed by atoms with van der Waals surface area (Å²) in [6.07, 6.45) is 0. The first-order valence-electron chi connectivity index (χ1n) is 5.08. The molecule has 7 nitrogen and oxygen atoms in total. The summed E-state index contributed by atoms with van der Waals surface area (Å²) >= 11 is 0. The van der Waals surface area contributed by atoms with Crippen LogP contribution in [0.1, 0.15) is 5.56 Å². The molecule has 1 aromatic rings. The maximum Gasteiger partial charge on any atom is 0.293 e. The second-order valence-electron chi connectivity index (χ2n) is 3.74. The standard InChI is InChI=1S/C11H12N4O3/c1-14(2)11(16)7-13-9-4-3-8(6-12)5-10(9)15(17)18/h3-5,13H,7H2,1-2H3. The SMILES string of the molecule is CN(C)C(=O)CNc1ccc(C#N)cc1[N+](=O)[O-]. The number of carbonyl (C=O) groups excluding carboxylic acids is 1. The van der Waals surface area contributed by atoms with E-state index in [-0.39, 0.29) is 29.4 Å². The van der Waals surface area contributed by atoms with Crippen LogP contribution in [0, 0.1) is 21.4 Å². The van der Waals surface area contributed by atoms with Crippen molar-refractivity contribution in [3.63, 3.8) is 0 Å². The van der Waals surface area contributed by atoms with E-state index in [0.29, 0.717) is 0 Å². The lowest BCUT2D eigenvalue weighted by Gasteiger charge is -2.11. The monoisotopic (exact) mass is 248 g/mol. The van der Waals surface area contributed by atoms with Crippen LogP contribution in [0.25, 0.3) is 0 Å². The smallest absolute Gasteiger partial charge is 0.293 e. The number of amides is 1. The highest BCUT2D eigenvalue weighted by atomic mass is 16.6. The Morgan fingerprint density at radius 1 is 1.56 bits per heavy atom. The molecule has 0 heterocycles. The first kappa shape index (κ1) is 13.4. The summed E-state index contributed by atoms with van der Waals surface area (Å²) in [5.41, 5.74) is 0.195. The average molecular weight is 248 g/mol. The van der Waals surface area contributed by atoms with E-state index >= 15 is 0 Å². The first-order chi connectivity index (χ1) is 8.45. The van der Waals surface area contributed by atoms with E-state index in [1.165, 1.54) is 23.1 Å². The number of benzene rings is 1. The predicted molar refractivity (Wildman–Crippen MR) is 65.0 cm³/mol. The summed E-state index contributed by atoms with van der Waals surface area (Å²) in [4.78, 5) is 23.0. The van der Waals surface area contributed by atoms with Gasteiger partial charge in [0.25, 0.3) is 5.69 Å².